The van der Waals surface area contributed by atoms with E-state index >= 15 is 0 Å². The summed E-state index contributed by atoms with van der Waals surface area (Å²) in [5.41, 5.74) is 8.98. The number of benzene rings is 3. The van der Waals surface area contributed by atoms with Crippen molar-refractivity contribution in [1.29, 1.82) is 0 Å². The number of ether oxygens (including phenoxy) is 3. The molecule has 0 saturated carbocycles. The normalized spacial score (nSPS) is 16.6. The van der Waals surface area contributed by atoms with Crippen molar-refractivity contribution in [3.8, 4) is 0 Å². The van der Waals surface area contributed by atoms with Gasteiger partial charge in [0.25, 0.3) is 23.2 Å². The first-order valence-corrected chi connectivity index (χ1v) is 14.2. The Bertz CT molecular complexity index is 1450. The lowest BCUT2D eigenvalue weighted by Gasteiger charge is -2.28. The molecule has 3 aliphatic heterocycles. The molecule has 3 aliphatic rings. The van der Waals surface area contributed by atoms with Gasteiger partial charge < -0.3 is 34.6 Å². The molecule has 0 unspecified atom stereocenters. The second-order valence-corrected chi connectivity index (χ2v) is 9.93. The highest BCUT2D eigenvalue weighted by molar-refractivity contribution is 5.95. The van der Waals surface area contributed by atoms with E-state index in [1.165, 1.54) is 24.3 Å². The van der Waals surface area contributed by atoms with E-state index in [4.69, 9.17) is 19.9 Å². The molecule has 15 nitrogen and oxygen atoms in total. The van der Waals surface area contributed by atoms with Gasteiger partial charge in [0.15, 0.2) is 0 Å². The predicted octanol–water partition coefficient (Wildman–Crippen LogP) is 3.27. The van der Waals surface area contributed by atoms with Crippen molar-refractivity contribution in [3.05, 3.63) is 93.0 Å². The third kappa shape index (κ3) is 9.43. The van der Waals surface area contributed by atoms with Crippen LogP contribution in [0.1, 0.15) is 1.43 Å². The fourth-order valence-corrected chi connectivity index (χ4v) is 4.60. The number of nitro groups is 2. The monoisotopic (exact) mass is 624 g/mol. The van der Waals surface area contributed by atoms with Crippen LogP contribution in [-0.2, 0) is 23.8 Å². The molecule has 3 heterocycles. The van der Waals surface area contributed by atoms with Crippen LogP contribution in [0.15, 0.2) is 72.8 Å². The standard InChI is InChI=1S/C10H10N2O4.C10H12N2O3.C10H12N2O2.H2/c13-10-7-16-6-5-11(10)8-1-3-9(4-2-8)12(14)15;13-12(14)10-3-1-9(2-4-10)11-5-7-15-8-6-11;11-8-1-3-9(4-2-8)12-5-6-14-7-10(12)13;/h1-4H,5-7H2;1-4H,5-8H2;1-4H,5-7,11H2;1H. The molecule has 6 rings (SSSR count). The van der Waals surface area contributed by atoms with Gasteiger partial charge in [-0.2, -0.15) is 0 Å². The summed E-state index contributed by atoms with van der Waals surface area (Å²) in [4.78, 5) is 48.4. The number of nitrogens with two attached hydrogens (primary N) is 1. The molecule has 0 aromatic heterocycles. The summed E-state index contributed by atoms with van der Waals surface area (Å²) in [5, 5.41) is 20.9. The third-order valence-corrected chi connectivity index (χ3v) is 6.99. The van der Waals surface area contributed by atoms with Gasteiger partial charge in [-0.25, -0.2) is 0 Å². The zero-order valence-electron chi connectivity index (χ0n) is 24.5. The molecule has 3 aromatic carbocycles. The number of non-ortho nitro benzene ring substituents is 2. The fourth-order valence-electron chi connectivity index (χ4n) is 4.60. The van der Waals surface area contributed by atoms with Crippen LogP contribution in [-0.4, -0.2) is 87.5 Å². The van der Waals surface area contributed by atoms with E-state index in [9.17, 15) is 29.8 Å². The first-order chi connectivity index (χ1) is 21.7. The number of rotatable bonds is 5. The van der Waals surface area contributed by atoms with Gasteiger partial charge in [0.05, 0.1) is 36.3 Å². The Kier molecular flexibility index (Phi) is 11.7. The summed E-state index contributed by atoms with van der Waals surface area (Å²) in [6.45, 7) is 5.54. The van der Waals surface area contributed by atoms with Gasteiger partial charge >= 0.3 is 0 Å². The Hall–Kier alpha value is -5.12. The minimum absolute atomic E-state index is 0. The molecular weight excluding hydrogens is 588 g/mol. The summed E-state index contributed by atoms with van der Waals surface area (Å²) in [5.74, 6) is -0.124. The van der Waals surface area contributed by atoms with Crippen molar-refractivity contribution in [2.24, 2.45) is 0 Å². The van der Waals surface area contributed by atoms with Crippen molar-refractivity contribution >= 4 is 45.9 Å². The first-order valence-electron chi connectivity index (χ1n) is 14.2. The molecule has 45 heavy (non-hydrogen) atoms. The van der Waals surface area contributed by atoms with Gasteiger partial charge in [-0.15, -0.1) is 0 Å². The maximum absolute atomic E-state index is 11.5. The number of nitro benzene ring substituents is 2. The van der Waals surface area contributed by atoms with Gasteiger partial charge in [0, 0.05) is 74.6 Å². The van der Waals surface area contributed by atoms with Gasteiger partial charge in [0.1, 0.15) is 13.2 Å². The SMILES string of the molecule is Nc1ccc(N2CCOCC2=O)cc1.O=C1COCCN1c1ccc([N+](=O)[O-])cc1.O=[N+]([O-])c1ccc(N2CCOCC2)cc1.[HH]. The summed E-state index contributed by atoms with van der Waals surface area (Å²) >= 11 is 0. The first kappa shape index (κ1) is 32.8. The maximum atomic E-state index is 11.5. The molecule has 0 spiro atoms. The number of hydrogen-bond donors (Lipinski definition) is 1. The summed E-state index contributed by atoms with van der Waals surface area (Å²) in [7, 11) is 0. The zero-order chi connectivity index (χ0) is 32.2. The lowest BCUT2D eigenvalue weighted by Crippen LogP contribution is -2.41. The number of anilines is 4. The molecule has 2 N–H and O–H groups in total. The highest BCUT2D eigenvalue weighted by Crippen LogP contribution is 2.22. The van der Waals surface area contributed by atoms with Crippen molar-refractivity contribution < 1.29 is 35.1 Å². The molecule has 2 amide bonds. The van der Waals surface area contributed by atoms with E-state index < -0.39 is 4.92 Å². The smallest absolute Gasteiger partial charge is 0.269 e. The summed E-state index contributed by atoms with van der Waals surface area (Å²) in [6.07, 6.45) is 0. The number of carbonyl (C=O) groups is 2. The molecule has 3 saturated heterocycles. The van der Waals surface area contributed by atoms with Crippen LogP contribution >= 0.6 is 0 Å². The second kappa shape index (κ2) is 16.1. The van der Waals surface area contributed by atoms with Gasteiger partial charge in [-0.05, 0) is 48.5 Å². The minimum atomic E-state index is -0.467. The topological polar surface area (TPSA) is 184 Å². The predicted molar refractivity (Wildman–Crippen MR) is 169 cm³/mol. The van der Waals surface area contributed by atoms with Crippen LogP contribution in [0.25, 0.3) is 0 Å². The average molecular weight is 625 g/mol. The van der Waals surface area contributed by atoms with Crippen LogP contribution < -0.4 is 20.4 Å². The van der Waals surface area contributed by atoms with Gasteiger partial charge in [-0.1, -0.05) is 0 Å². The minimum Gasteiger partial charge on any atom is -0.399 e. The Labute approximate surface area is 260 Å². The number of nitrogen functional groups attached to an aromatic ring is 1. The number of nitrogens with zero attached hydrogens (tertiary/aromatic N) is 5. The highest BCUT2D eigenvalue weighted by Gasteiger charge is 2.21. The van der Waals surface area contributed by atoms with E-state index in [1.807, 2.05) is 12.1 Å². The molecule has 0 aliphatic carbocycles. The lowest BCUT2D eigenvalue weighted by molar-refractivity contribution is -0.385. The molecule has 0 radical (unpaired) electrons. The summed E-state index contributed by atoms with van der Waals surface area (Å²) < 4.78 is 15.3. The molecule has 15 heteroatoms. The Morgan fingerprint density at radius 1 is 0.578 bits per heavy atom. The molecule has 0 atom stereocenters. The molecule has 3 fully saturated rings. The van der Waals surface area contributed by atoms with Crippen molar-refractivity contribution in [3.63, 3.8) is 0 Å². The second-order valence-electron chi connectivity index (χ2n) is 9.93. The fraction of sp³-hybridized carbons (Fsp3) is 0.333. The number of carbonyl (C=O) groups excluding carboxylic acids is 2. The zero-order valence-corrected chi connectivity index (χ0v) is 24.5. The average Bonchev–Trinajstić information content (AvgIpc) is 3.07. The van der Waals surface area contributed by atoms with Crippen LogP contribution in [0.3, 0.4) is 0 Å². The van der Waals surface area contributed by atoms with E-state index in [-0.39, 0.29) is 42.8 Å². The van der Waals surface area contributed by atoms with Crippen molar-refractivity contribution in [1.82, 2.24) is 0 Å². The van der Waals surface area contributed by atoms with Crippen molar-refractivity contribution in [2.75, 3.05) is 86.3 Å². The Morgan fingerprint density at radius 3 is 1.36 bits per heavy atom. The molecule has 0 bridgehead atoms. The molecular formula is C30H36N6O9. The van der Waals surface area contributed by atoms with Gasteiger partial charge in [-0.3, -0.25) is 29.8 Å². The van der Waals surface area contributed by atoms with E-state index in [1.54, 1.807) is 46.2 Å². The molecule has 3 aromatic rings. The quantitative estimate of drug-likeness (QED) is 0.250. The van der Waals surface area contributed by atoms with E-state index in [0.717, 1.165) is 37.7 Å². The van der Waals surface area contributed by atoms with Crippen LogP contribution in [0, 0.1) is 20.2 Å². The molecule has 240 valence electrons. The number of morpholine rings is 3. The third-order valence-electron chi connectivity index (χ3n) is 6.99. The maximum Gasteiger partial charge on any atom is 0.269 e. The lowest BCUT2D eigenvalue weighted by atomic mass is 10.2. The largest absolute Gasteiger partial charge is 0.399 e. The van der Waals surface area contributed by atoms with Crippen LogP contribution in [0.2, 0.25) is 0 Å². The number of amides is 2. The highest BCUT2D eigenvalue weighted by atomic mass is 16.6. The van der Waals surface area contributed by atoms with E-state index in [2.05, 4.69) is 4.90 Å². The number of hydrogen-bond acceptors (Lipinski definition) is 11. The van der Waals surface area contributed by atoms with Crippen LogP contribution in [0.4, 0.5) is 34.1 Å². The van der Waals surface area contributed by atoms with E-state index in [0.29, 0.717) is 37.7 Å². The Morgan fingerprint density at radius 2 is 0.956 bits per heavy atom. The summed E-state index contributed by atoms with van der Waals surface area (Å²) in [6, 6.07) is 19.8. The van der Waals surface area contributed by atoms with Gasteiger partial charge in [0.2, 0.25) is 0 Å². The van der Waals surface area contributed by atoms with Crippen molar-refractivity contribution in [2.45, 2.75) is 0 Å². The Balaban J connectivity index is 0.000000186. The van der Waals surface area contributed by atoms with Crippen LogP contribution in [0.5, 0.6) is 0 Å².